The minimum atomic E-state index is -0.163. The number of hydrogen-bond donors (Lipinski definition) is 2. The molecule has 0 fully saturated rings. The second kappa shape index (κ2) is 5.88. The Morgan fingerprint density at radius 2 is 1.75 bits per heavy atom. The number of nitrogens with zero attached hydrogens (tertiary/aromatic N) is 2. The van der Waals surface area contributed by atoms with Crippen LogP contribution in [0.15, 0.2) is 59.8 Å². The fourth-order valence-electron chi connectivity index (χ4n) is 1.83. The van der Waals surface area contributed by atoms with Crippen molar-refractivity contribution < 1.29 is 10.0 Å². The lowest BCUT2D eigenvalue weighted by Gasteiger charge is -2.17. The summed E-state index contributed by atoms with van der Waals surface area (Å²) < 4.78 is 0. The maximum Gasteiger partial charge on any atom is 0.258 e. The SMILES string of the molecule is CN(C(=O)c1cccc(/C(N)=N/O)c1)c1ccccc1. The summed E-state index contributed by atoms with van der Waals surface area (Å²) in [6.45, 7) is 0. The molecule has 0 aliphatic heterocycles. The van der Waals surface area contributed by atoms with Gasteiger partial charge in [0.05, 0.1) is 0 Å². The van der Waals surface area contributed by atoms with E-state index in [0.717, 1.165) is 5.69 Å². The van der Waals surface area contributed by atoms with Crippen LogP contribution in [-0.4, -0.2) is 24.0 Å². The number of carbonyl (C=O) groups excluding carboxylic acids is 1. The summed E-state index contributed by atoms with van der Waals surface area (Å²) >= 11 is 0. The topological polar surface area (TPSA) is 78.9 Å². The van der Waals surface area contributed by atoms with E-state index in [2.05, 4.69) is 5.16 Å². The standard InChI is InChI=1S/C15H15N3O2/c1-18(13-8-3-2-4-9-13)15(19)12-7-5-6-11(10-12)14(16)17-20/h2-10,20H,1H3,(H2,16,17). The van der Waals surface area contributed by atoms with Crippen molar-refractivity contribution in [3.8, 4) is 0 Å². The molecule has 0 spiro atoms. The van der Waals surface area contributed by atoms with Crippen molar-refractivity contribution in [3.05, 3.63) is 65.7 Å². The molecule has 2 rings (SSSR count). The zero-order valence-corrected chi connectivity index (χ0v) is 11.0. The van der Waals surface area contributed by atoms with Crippen molar-refractivity contribution in [1.29, 1.82) is 0 Å². The normalized spacial score (nSPS) is 11.2. The van der Waals surface area contributed by atoms with Crippen LogP contribution in [0, 0.1) is 0 Å². The molecule has 102 valence electrons. The third-order valence-corrected chi connectivity index (χ3v) is 2.96. The number of amidine groups is 1. The molecule has 0 atom stereocenters. The quantitative estimate of drug-likeness (QED) is 0.387. The lowest BCUT2D eigenvalue weighted by Crippen LogP contribution is -2.26. The highest BCUT2D eigenvalue weighted by Crippen LogP contribution is 2.15. The molecule has 0 aliphatic carbocycles. The van der Waals surface area contributed by atoms with Gasteiger partial charge in [-0.3, -0.25) is 4.79 Å². The molecular formula is C15H15N3O2. The summed E-state index contributed by atoms with van der Waals surface area (Å²) in [5.41, 5.74) is 7.30. The summed E-state index contributed by atoms with van der Waals surface area (Å²) in [6, 6.07) is 16.0. The van der Waals surface area contributed by atoms with E-state index >= 15 is 0 Å². The molecule has 0 aromatic heterocycles. The second-order valence-electron chi connectivity index (χ2n) is 4.27. The zero-order valence-electron chi connectivity index (χ0n) is 11.0. The molecule has 2 aromatic rings. The second-order valence-corrected chi connectivity index (χ2v) is 4.27. The van der Waals surface area contributed by atoms with E-state index in [4.69, 9.17) is 10.9 Å². The lowest BCUT2D eigenvalue weighted by molar-refractivity contribution is 0.0993. The van der Waals surface area contributed by atoms with Gasteiger partial charge in [0.25, 0.3) is 5.91 Å². The van der Waals surface area contributed by atoms with Gasteiger partial charge < -0.3 is 15.8 Å². The first kappa shape index (κ1) is 13.6. The average molecular weight is 269 g/mol. The fourth-order valence-corrected chi connectivity index (χ4v) is 1.83. The number of amides is 1. The molecule has 2 aromatic carbocycles. The first-order valence-corrected chi connectivity index (χ1v) is 6.04. The Morgan fingerprint density at radius 3 is 2.40 bits per heavy atom. The van der Waals surface area contributed by atoms with Gasteiger partial charge in [-0.2, -0.15) is 0 Å². The Hall–Kier alpha value is -2.82. The van der Waals surface area contributed by atoms with E-state index in [1.54, 1.807) is 36.2 Å². The van der Waals surface area contributed by atoms with Crippen molar-refractivity contribution >= 4 is 17.4 Å². The van der Waals surface area contributed by atoms with Crippen LogP contribution in [0.5, 0.6) is 0 Å². The average Bonchev–Trinajstić information content (AvgIpc) is 2.53. The maximum atomic E-state index is 12.4. The Morgan fingerprint density at radius 1 is 1.10 bits per heavy atom. The molecule has 0 saturated heterocycles. The van der Waals surface area contributed by atoms with E-state index < -0.39 is 0 Å². The molecule has 20 heavy (non-hydrogen) atoms. The predicted octanol–water partition coefficient (Wildman–Crippen LogP) is 2.06. The van der Waals surface area contributed by atoms with Crippen LogP contribution in [0.25, 0.3) is 0 Å². The van der Waals surface area contributed by atoms with E-state index in [1.807, 2.05) is 30.3 Å². The summed E-state index contributed by atoms with van der Waals surface area (Å²) in [5, 5.41) is 11.6. The summed E-state index contributed by atoms with van der Waals surface area (Å²) in [4.78, 5) is 13.9. The van der Waals surface area contributed by atoms with E-state index in [0.29, 0.717) is 11.1 Å². The predicted molar refractivity (Wildman–Crippen MR) is 78.1 cm³/mol. The zero-order chi connectivity index (χ0) is 14.5. The lowest BCUT2D eigenvalue weighted by atomic mass is 10.1. The molecule has 0 heterocycles. The Balaban J connectivity index is 2.30. The van der Waals surface area contributed by atoms with Gasteiger partial charge in [-0.25, -0.2) is 0 Å². The first-order valence-electron chi connectivity index (χ1n) is 6.04. The molecule has 0 radical (unpaired) electrons. The highest BCUT2D eigenvalue weighted by Gasteiger charge is 2.14. The highest BCUT2D eigenvalue weighted by atomic mass is 16.4. The Labute approximate surface area is 116 Å². The molecule has 3 N–H and O–H groups in total. The Bertz CT molecular complexity index is 639. The number of carbonyl (C=O) groups is 1. The van der Waals surface area contributed by atoms with Gasteiger partial charge >= 0.3 is 0 Å². The van der Waals surface area contributed by atoms with Crippen LogP contribution in [0.1, 0.15) is 15.9 Å². The summed E-state index contributed by atoms with van der Waals surface area (Å²) in [5.74, 6) is -0.189. The van der Waals surface area contributed by atoms with Gasteiger partial charge in [0.15, 0.2) is 5.84 Å². The monoisotopic (exact) mass is 269 g/mol. The van der Waals surface area contributed by atoms with Crippen LogP contribution in [0.3, 0.4) is 0 Å². The summed E-state index contributed by atoms with van der Waals surface area (Å²) in [7, 11) is 1.70. The molecule has 0 aliphatic rings. The third kappa shape index (κ3) is 2.77. The number of benzene rings is 2. The molecule has 0 unspecified atom stereocenters. The van der Waals surface area contributed by atoms with Gasteiger partial charge in [-0.05, 0) is 24.3 Å². The molecule has 0 saturated carbocycles. The largest absolute Gasteiger partial charge is 0.409 e. The van der Waals surface area contributed by atoms with Crippen LogP contribution in [-0.2, 0) is 0 Å². The minimum absolute atomic E-state index is 0.0259. The molecule has 5 heteroatoms. The van der Waals surface area contributed by atoms with Crippen LogP contribution >= 0.6 is 0 Å². The van der Waals surface area contributed by atoms with Crippen molar-refractivity contribution in [2.24, 2.45) is 10.9 Å². The highest BCUT2D eigenvalue weighted by molar-refractivity contribution is 6.07. The van der Waals surface area contributed by atoms with Crippen LogP contribution in [0.2, 0.25) is 0 Å². The number of rotatable bonds is 3. The summed E-state index contributed by atoms with van der Waals surface area (Å²) in [6.07, 6.45) is 0. The van der Waals surface area contributed by atoms with E-state index in [9.17, 15) is 4.79 Å². The van der Waals surface area contributed by atoms with Gasteiger partial charge in [-0.1, -0.05) is 35.5 Å². The molecule has 5 nitrogen and oxygen atoms in total. The van der Waals surface area contributed by atoms with Gasteiger partial charge in [0.2, 0.25) is 0 Å². The number of nitrogens with two attached hydrogens (primary N) is 1. The van der Waals surface area contributed by atoms with Gasteiger partial charge in [-0.15, -0.1) is 0 Å². The number of hydrogen-bond acceptors (Lipinski definition) is 3. The third-order valence-electron chi connectivity index (χ3n) is 2.96. The fraction of sp³-hybridized carbons (Fsp3) is 0.0667. The van der Waals surface area contributed by atoms with Crippen molar-refractivity contribution in [3.63, 3.8) is 0 Å². The molecular weight excluding hydrogens is 254 g/mol. The number of oxime groups is 1. The van der Waals surface area contributed by atoms with Crippen LogP contribution < -0.4 is 10.6 Å². The van der Waals surface area contributed by atoms with Crippen LogP contribution in [0.4, 0.5) is 5.69 Å². The van der Waals surface area contributed by atoms with Crippen molar-refractivity contribution in [2.45, 2.75) is 0 Å². The number of para-hydroxylation sites is 1. The molecule has 0 bridgehead atoms. The van der Waals surface area contributed by atoms with Crippen molar-refractivity contribution in [1.82, 2.24) is 0 Å². The smallest absolute Gasteiger partial charge is 0.258 e. The number of anilines is 1. The Kier molecular flexibility index (Phi) is 4.00. The van der Waals surface area contributed by atoms with E-state index in [1.165, 1.54) is 0 Å². The van der Waals surface area contributed by atoms with Crippen molar-refractivity contribution in [2.75, 3.05) is 11.9 Å². The minimum Gasteiger partial charge on any atom is -0.409 e. The first-order chi connectivity index (χ1) is 9.63. The van der Waals surface area contributed by atoms with Gasteiger partial charge in [0, 0.05) is 23.9 Å². The van der Waals surface area contributed by atoms with Gasteiger partial charge in [0.1, 0.15) is 0 Å². The van der Waals surface area contributed by atoms with E-state index in [-0.39, 0.29) is 11.7 Å². The maximum absolute atomic E-state index is 12.4. The molecule has 1 amide bonds.